The van der Waals surface area contributed by atoms with Crippen LogP contribution in [0, 0.1) is 5.41 Å². The highest BCUT2D eigenvalue weighted by atomic mass is 16.5. The van der Waals surface area contributed by atoms with Gasteiger partial charge in [0.25, 0.3) is 5.91 Å². The van der Waals surface area contributed by atoms with E-state index >= 15 is 0 Å². The number of nitrogens with one attached hydrogen (secondary N) is 2. The first-order chi connectivity index (χ1) is 8.67. The molecular weight excluding hydrogens is 230 g/mol. The van der Waals surface area contributed by atoms with E-state index in [0.717, 1.165) is 19.3 Å². The van der Waals surface area contributed by atoms with E-state index in [9.17, 15) is 4.79 Å². The molecule has 0 aromatic carbocycles. The summed E-state index contributed by atoms with van der Waals surface area (Å²) in [6, 6.07) is 1.87. The molecule has 2 rings (SSSR count). The molecule has 5 nitrogen and oxygen atoms in total. The Bertz CT molecular complexity index is 398. The summed E-state index contributed by atoms with van der Waals surface area (Å²) in [6.45, 7) is 4.31. The van der Waals surface area contributed by atoms with E-state index in [1.807, 2.05) is 0 Å². The van der Waals surface area contributed by atoms with Crippen LogP contribution in [-0.4, -0.2) is 35.4 Å². The Morgan fingerprint density at radius 2 is 2.33 bits per heavy atom. The average Bonchev–Trinajstić information content (AvgIpc) is 2.89. The van der Waals surface area contributed by atoms with Gasteiger partial charge in [0.1, 0.15) is 5.69 Å². The molecule has 100 valence electrons. The molecule has 0 bridgehead atoms. The largest absolute Gasteiger partial charge is 0.381 e. The Labute approximate surface area is 107 Å². The molecule has 0 radical (unpaired) electrons. The number of carbonyl (C=O) groups excluding carboxylic acids is 1. The molecule has 1 heterocycles. The van der Waals surface area contributed by atoms with Crippen LogP contribution in [0.4, 0.5) is 0 Å². The van der Waals surface area contributed by atoms with Crippen LogP contribution in [0.25, 0.3) is 0 Å². The fourth-order valence-corrected chi connectivity index (χ4v) is 3.10. The van der Waals surface area contributed by atoms with Crippen LogP contribution in [0.5, 0.6) is 0 Å². The maximum Gasteiger partial charge on any atom is 0.269 e. The number of hydrogen-bond donors (Lipinski definition) is 2. The number of ether oxygens (including phenoxy) is 1. The van der Waals surface area contributed by atoms with E-state index in [1.165, 1.54) is 0 Å². The maximum atomic E-state index is 12.0. The van der Waals surface area contributed by atoms with Crippen LogP contribution in [0.15, 0.2) is 12.3 Å². The zero-order valence-corrected chi connectivity index (χ0v) is 11.2. The fourth-order valence-electron chi connectivity index (χ4n) is 3.10. The molecule has 0 aliphatic heterocycles. The van der Waals surface area contributed by atoms with Gasteiger partial charge in [0.15, 0.2) is 0 Å². The summed E-state index contributed by atoms with van der Waals surface area (Å²) in [4.78, 5) is 12.0. The third-order valence-corrected chi connectivity index (χ3v) is 4.44. The van der Waals surface area contributed by atoms with Crippen molar-refractivity contribution in [3.8, 4) is 0 Å². The van der Waals surface area contributed by atoms with Crippen molar-refractivity contribution in [3.63, 3.8) is 0 Å². The third kappa shape index (κ3) is 1.92. The summed E-state index contributed by atoms with van der Waals surface area (Å²) in [5, 5.41) is 9.56. The first-order valence-electron chi connectivity index (χ1n) is 6.51. The molecule has 0 saturated heterocycles. The van der Waals surface area contributed by atoms with Crippen LogP contribution >= 0.6 is 0 Å². The van der Waals surface area contributed by atoms with E-state index in [0.29, 0.717) is 5.69 Å². The first kappa shape index (κ1) is 13.1. The minimum atomic E-state index is -0.0849. The highest BCUT2D eigenvalue weighted by Gasteiger charge is 2.53. The van der Waals surface area contributed by atoms with Gasteiger partial charge in [-0.1, -0.05) is 13.8 Å². The molecule has 1 aliphatic rings. The van der Waals surface area contributed by atoms with Gasteiger partial charge in [-0.05, 0) is 25.3 Å². The van der Waals surface area contributed by atoms with Crippen LogP contribution in [0.2, 0.25) is 0 Å². The number of methoxy groups -OCH3 is 1. The van der Waals surface area contributed by atoms with E-state index in [4.69, 9.17) is 4.74 Å². The van der Waals surface area contributed by atoms with Gasteiger partial charge in [0, 0.05) is 24.8 Å². The molecule has 2 N–H and O–H groups in total. The summed E-state index contributed by atoms with van der Waals surface area (Å²) in [6.07, 6.45) is 4.74. The van der Waals surface area contributed by atoms with Crippen molar-refractivity contribution in [1.82, 2.24) is 15.5 Å². The Morgan fingerprint density at radius 1 is 1.61 bits per heavy atom. The second-order valence-corrected chi connectivity index (χ2v) is 4.90. The highest BCUT2D eigenvalue weighted by Crippen LogP contribution is 2.48. The van der Waals surface area contributed by atoms with Crippen LogP contribution in [-0.2, 0) is 4.74 Å². The molecule has 5 heteroatoms. The SMILES string of the molecule is CCC1(CC)C(NC(=O)c2ccn[nH]2)CC1OC. The first-order valence-corrected chi connectivity index (χ1v) is 6.51. The molecule has 1 aromatic heterocycles. The van der Waals surface area contributed by atoms with Crippen molar-refractivity contribution < 1.29 is 9.53 Å². The van der Waals surface area contributed by atoms with Crippen molar-refractivity contribution in [3.05, 3.63) is 18.0 Å². The van der Waals surface area contributed by atoms with Gasteiger partial charge in [-0.25, -0.2) is 0 Å². The lowest BCUT2D eigenvalue weighted by atomic mass is 9.58. The minimum Gasteiger partial charge on any atom is -0.381 e. The lowest BCUT2D eigenvalue weighted by Crippen LogP contribution is -2.64. The number of carbonyl (C=O) groups is 1. The number of aromatic amines is 1. The minimum absolute atomic E-state index is 0.0738. The van der Waals surface area contributed by atoms with Gasteiger partial charge < -0.3 is 10.1 Å². The Balaban J connectivity index is 2.04. The standard InChI is InChI=1S/C13H21N3O2/c1-4-13(5-2)10(8-11(13)18-3)15-12(17)9-6-7-14-16-9/h6-7,10-11H,4-5,8H2,1-3H3,(H,14,16)(H,15,17). The van der Waals surface area contributed by atoms with E-state index < -0.39 is 0 Å². The highest BCUT2D eigenvalue weighted by molar-refractivity contribution is 5.92. The van der Waals surface area contributed by atoms with Crippen molar-refractivity contribution in [2.75, 3.05) is 7.11 Å². The van der Waals surface area contributed by atoms with Gasteiger partial charge in [0.05, 0.1) is 6.10 Å². The maximum absolute atomic E-state index is 12.0. The molecule has 1 aromatic rings. The quantitative estimate of drug-likeness (QED) is 0.837. The normalized spacial score (nSPS) is 25.5. The molecule has 1 saturated carbocycles. The number of rotatable bonds is 5. The molecular formula is C13H21N3O2. The molecule has 1 fully saturated rings. The third-order valence-electron chi connectivity index (χ3n) is 4.44. The molecule has 0 spiro atoms. The van der Waals surface area contributed by atoms with Crippen LogP contribution in [0.1, 0.15) is 43.6 Å². The predicted molar refractivity (Wildman–Crippen MR) is 68.3 cm³/mol. The summed E-state index contributed by atoms with van der Waals surface area (Å²) in [5.74, 6) is -0.0849. The molecule has 2 atom stereocenters. The number of H-pyrrole nitrogens is 1. The monoisotopic (exact) mass is 251 g/mol. The number of nitrogens with zero attached hydrogens (tertiary/aromatic N) is 1. The van der Waals surface area contributed by atoms with E-state index in [2.05, 4.69) is 29.4 Å². The second-order valence-electron chi connectivity index (χ2n) is 4.90. The lowest BCUT2D eigenvalue weighted by molar-refractivity contribution is -0.120. The van der Waals surface area contributed by atoms with Crippen molar-refractivity contribution >= 4 is 5.91 Å². The summed E-state index contributed by atoms with van der Waals surface area (Å²) in [5.41, 5.74) is 0.585. The van der Waals surface area contributed by atoms with Crippen molar-refractivity contribution in [2.24, 2.45) is 5.41 Å². The summed E-state index contributed by atoms with van der Waals surface area (Å²) >= 11 is 0. The Hall–Kier alpha value is -1.36. The Morgan fingerprint density at radius 3 is 2.83 bits per heavy atom. The van der Waals surface area contributed by atoms with E-state index in [-0.39, 0.29) is 23.5 Å². The molecule has 1 aliphatic carbocycles. The van der Waals surface area contributed by atoms with Gasteiger partial charge in [-0.3, -0.25) is 9.89 Å². The van der Waals surface area contributed by atoms with Crippen LogP contribution < -0.4 is 5.32 Å². The summed E-state index contributed by atoms with van der Waals surface area (Å²) in [7, 11) is 1.75. The van der Waals surface area contributed by atoms with Crippen LogP contribution in [0.3, 0.4) is 0 Å². The second kappa shape index (κ2) is 5.10. The van der Waals surface area contributed by atoms with E-state index in [1.54, 1.807) is 19.4 Å². The van der Waals surface area contributed by atoms with Crippen molar-refractivity contribution in [1.29, 1.82) is 0 Å². The average molecular weight is 251 g/mol. The smallest absolute Gasteiger partial charge is 0.269 e. The zero-order chi connectivity index (χ0) is 13.2. The van der Waals surface area contributed by atoms with Gasteiger partial charge in [-0.2, -0.15) is 5.10 Å². The molecule has 18 heavy (non-hydrogen) atoms. The number of aromatic nitrogens is 2. The molecule has 1 amide bonds. The van der Waals surface area contributed by atoms with Crippen molar-refractivity contribution in [2.45, 2.75) is 45.3 Å². The topological polar surface area (TPSA) is 67.0 Å². The predicted octanol–water partition coefficient (Wildman–Crippen LogP) is 1.73. The summed E-state index contributed by atoms with van der Waals surface area (Å²) < 4.78 is 5.51. The number of hydrogen-bond acceptors (Lipinski definition) is 3. The lowest BCUT2D eigenvalue weighted by Gasteiger charge is -2.55. The zero-order valence-electron chi connectivity index (χ0n) is 11.2. The Kier molecular flexibility index (Phi) is 3.71. The van der Waals surface area contributed by atoms with Gasteiger partial charge >= 0.3 is 0 Å². The van der Waals surface area contributed by atoms with Gasteiger partial charge in [-0.15, -0.1) is 0 Å². The number of amides is 1. The molecule has 2 unspecified atom stereocenters. The fraction of sp³-hybridized carbons (Fsp3) is 0.692. The van der Waals surface area contributed by atoms with Gasteiger partial charge in [0.2, 0.25) is 0 Å².